The van der Waals surface area contributed by atoms with E-state index in [0.29, 0.717) is 36.3 Å². The van der Waals surface area contributed by atoms with E-state index in [1.807, 2.05) is 30.3 Å². The molecule has 1 aromatic heterocycles. The van der Waals surface area contributed by atoms with Crippen LogP contribution in [0.5, 0.6) is 11.5 Å². The van der Waals surface area contributed by atoms with Crippen LogP contribution in [0.3, 0.4) is 0 Å². The van der Waals surface area contributed by atoms with Gasteiger partial charge >= 0.3 is 0 Å². The molecule has 0 radical (unpaired) electrons. The second-order valence-electron chi connectivity index (χ2n) is 6.08. The molecule has 2 heterocycles. The maximum atomic E-state index is 12.9. The van der Waals surface area contributed by atoms with Gasteiger partial charge in [0.2, 0.25) is 15.9 Å². The van der Waals surface area contributed by atoms with Crippen LogP contribution >= 0.6 is 0 Å². The number of oxazole rings is 1. The number of sulfonamides is 1. The number of nitrogens with zero attached hydrogens (tertiary/aromatic N) is 2. The molecule has 0 saturated heterocycles. The SMILES string of the molecule is CN(Cc1coc(-c2ccccc2)n1)S(=O)(=O)c1ccc2c(c1)OCCO2. The van der Waals surface area contributed by atoms with E-state index in [1.165, 1.54) is 29.7 Å². The number of rotatable bonds is 5. The van der Waals surface area contributed by atoms with Gasteiger partial charge in [0.05, 0.1) is 17.1 Å². The third kappa shape index (κ3) is 3.54. The minimum atomic E-state index is -3.71. The summed E-state index contributed by atoms with van der Waals surface area (Å²) in [4.78, 5) is 4.52. The van der Waals surface area contributed by atoms with Crippen LogP contribution in [0.1, 0.15) is 5.69 Å². The Bertz CT molecular complexity index is 1050. The third-order valence-electron chi connectivity index (χ3n) is 4.18. The van der Waals surface area contributed by atoms with Crippen molar-refractivity contribution >= 4 is 10.0 Å². The zero-order valence-electron chi connectivity index (χ0n) is 14.7. The first-order valence-corrected chi connectivity index (χ1v) is 9.84. The van der Waals surface area contributed by atoms with E-state index >= 15 is 0 Å². The summed E-state index contributed by atoms with van der Waals surface area (Å²) in [6.07, 6.45) is 1.47. The lowest BCUT2D eigenvalue weighted by molar-refractivity contribution is 0.171. The van der Waals surface area contributed by atoms with Crippen LogP contribution in [0.4, 0.5) is 0 Å². The van der Waals surface area contributed by atoms with Crippen LogP contribution < -0.4 is 9.47 Å². The monoisotopic (exact) mass is 386 g/mol. The summed E-state index contributed by atoms with van der Waals surface area (Å²) >= 11 is 0. The quantitative estimate of drug-likeness (QED) is 0.671. The van der Waals surface area contributed by atoms with Crippen LogP contribution in [0.25, 0.3) is 11.5 Å². The molecule has 1 aliphatic rings. The topological polar surface area (TPSA) is 81.9 Å². The largest absolute Gasteiger partial charge is 0.486 e. The minimum Gasteiger partial charge on any atom is -0.486 e. The highest BCUT2D eigenvalue weighted by molar-refractivity contribution is 7.89. The molecule has 0 spiro atoms. The Morgan fingerprint density at radius 2 is 1.78 bits per heavy atom. The maximum absolute atomic E-state index is 12.9. The van der Waals surface area contributed by atoms with Gasteiger partial charge in [-0.15, -0.1) is 0 Å². The zero-order chi connectivity index (χ0) is 18.9. The Labute approximate surface area is 157 Å². The van der Waals surface area contributed by atoms with E-state index in [9.17, 15) is 8.42 Å². The molecule has 3 aromatic rings. The van der Waals surface area contributed by atoms with Gasteiger partial charge in [-0.05, 0) is 24.3 Å². The van der Waals surface area contributed by atoms with E-state index in [4.69, 9.17) is 13.9 Å². The predicted molar refractivity (Wildman–Crippen MR) is 98.0 cm³/mol. The van der Waals surface area contributed by atoms with Gasteiger partial charge < -0.3 is 13.9 Å². The predicted octanol–water partition coefficient (Wildman–Crippen LogP) is 2.93. The molecule has 2 aromatic carbocycles. The zero-order valence-corrected chi connectivity index (χ0v) is 15.5. The molecule has 0 atom stereocenters. The van der Waals surface area contributed by atoms with Crippen molar-refractivity contribution in [1.82, 2.24) is 9.29 Å². The summed E-state index contributed by atoms with van der Waals surface area (Å²) in [7, 11) is -2.21. The van der Waals surface area contributed by atoms with Crippen molar-refractivity contribution in [3.63, 3.8) is 0 Å². The summed E-state index contributed by atoms with van der Waals surface area (Å²) in [6, 6.07) is 14.0. The molecule has 0 aliphatic carbocycles. The first-order chi connectivity index (χ1) is 13.0. The van der Waals surface area contributed by atoms with Crippen molar-refractivity contribution < 1.29 is 22.3 Å². The molecule has 0 amide bonds. The summed E-state index contributed by atoms with van der Waals surface area (Å²) in [6.45, 7) is 0.940. The van der Waals surface area contributed by atoms with Crippen molar-refractivity contribution in [2.24, 2.45) is 0 Å². The second kappa shape index (κ2) is 7.05. The average molecular weight is 386 g/mol. The van der Waals surface area contributed by atoms with Crippen LogP contribution in [-0.2, 0) is 16.6 Å². The molecular formula is C19H18N2O5S. The molecule has 8 heteroatoms. The van der Waals surface area contributed by atoms with Gasteiger partial charge in [-0.3, -0.25) is 0 Å². The molecule has 4 rings (SSSR count). The molecule has 0 N–H and O–H groups in total. The molecule has 27 heavy (non-hydrogen) atoms. The second-order valence-corrected chi connectivity index (χ2v) is 8.12. The fourth-order valence-corrected chi connectivity index (χ4v) is 3.93. The number of benzene rings is 2. The molecule has 140 valence electrons. The van der Waals surface area contributed by atoms with E-state index in [0.717, 1.165) is 5.56 Å². The Morgan fingerprint density at radius 3 is 2.56 bits per heavy atom. The van der Waals surface area contributed by atoms with E-state index in [1.54, 1.807) is 6.07 Å². The number of fused-ring (bicyclic) bond motifs is 1. The first-order valence-electron chi connectivity index (χ1n) is 8.40. The van der Waals surface area contributed by atoms with Crippen molar-refractivity contribution in [3.05, 3.63) is 60.5 Å². The fraction of sp³-hybridized carbons (Fsp3) is 0.211. The van der Waals surface area contributed by atoms with Gasteiger partial charge in [-0.25, -0.2) is 13.4 Å². The third-order valence-corrected chi connectivity index (χ3v) is 5.98. The standard InChI is InChI=1S/C19H18N2O5S/c1-21(12-15-13-26-19(20-15)14-5-3-2-4-6-14)27(22,23)16-7-8-17-18(11-16)25-10-9-24-17/h2-8,11,13H,9-10,12H2,1H3. The van der Waals surface area contributed by atoms with E-state index < -0.39 is 10.0 Å². The van der Waals surface area contributed by atoms with Gasteiger partial charge in [0, 0.05) is 18.7 Å². The molecule has 0 bridgehead atoms. The maximum Gasteiger partial charge on any atom is 0.243 e. The minimum absolute atomic E-state index is 0.0904. The molecule has 7 nitrogen and oxygen atoms in total. The van der Waals surface area contributed by atoms with Crippen molar-refractivity contribution in [2.45, 2.75) is 11.4 Å². The van der Waals surface area contributed by atoms with E-state index in [-0.39, 0.29) is 11.4 Å². The van der Waals surface area contributed by atoms with E-state index in [2.05, 4.69) is 4.98 Å². The van der Waals surface area contributed by atoms with Crippen LogP contribution in [0.15, 0.2) is 64.1 Å². The fourth-order valence-electron chi connectivity index (χ4n) is 2.77. The number of aromatic nitrogens is 1. The smallest absolute Gasteiger partial charge is 0.243 e. The van der Waals surface area contributed by atoms with Gasteiger partial charge in [0.1, 0.15) is 19.5 Å². The Balaban J connectivity index is 1.54. The highest BCUT2D eigenvalue weighted by atomic mass is 32.2. The molecule has 0 saturated carbocycles. The Morgan fingerprint density at radius 1 is 1.04 bits per heavy atom. The molecular weight excluding hydrogens is 368 g/mol. The van der Waals surface area contributed by atoms with Crippen LogP contribution in [0, 0.1) is 0 Å². The highest BCUT2D eigenvalue weighted by Crippen LogP contribution is 2.33. The average Bonchev–Trinajstić information content (AvgIpc) is 3.16. The normalized spacial score (nSPS) is 13.7. The van der Waals surface area contributed by atoms with Gasteiger partial charge in [0.25, 0.3) is 0 Å². The lowest BCUT2D eigenvalue weighted by atomic mass is 10.2. The summed E-state index contributed by atoms with van der Waals surface area (Å²) < 4.78 is 43.4. The summed E-state index contributed by atoms with van der Waals surface area (Å²) in [5, 5.41) is 0. The van der Waals surface area contributed by atoms with Crippen molar-refractivity contribution in [2.75, 3.05) is 20.3 Å². The Kier molecular flexibility index (Phi) is 4.59. The van der Waals surface area contributed by atoms with Gasteiger partial charge in [-0.2, -0.15) is 4.31 Å². The molecule has 0 unspecified atom stereocenters. The van der Waals surface area contributed by atoms with Crippen molar-refractivity contribution in [3.8, 4) is 23.0 Å². The Hall–Kier alpha value is -2.84. The number of hydrogen-bond donors (Lipinski definition) is 0. The van der Waals surface area contributed by atoms with Crippen molar-refractivity contribution in [1.29, 1.82) is 0 Å². The van der Waals surface area contributed by atoms with Crippen LogP contribution in [0.2, 0.25) is 0 Å². The first kappa shape index (κ1) is 17.6. The van der Waals surface area contributed by atoms with Gasteiger partial charge in [-0.1, -0.05) is 18.2 Å². The lowest BCUT2D eigenvalue weighted by Crippen LogP contribution is -2.27. The number of hydrogen-bond acceptors (Lipinski definition) is 6. The van der Waals surface area contributed by atoms with Crippen LogP contribution in [-0.4, -0.2) is 38.0 Å². The molecule has 1 aliphatic heterocycles. The molecule has 0 fully saturated rings. The van der Waals surface area contributed by atoms with Gasteiger partial charge in [0.15, 0.2) is 11.5 Å². The highest BCUT2D eigenvalue weighted by Gasteiger charge is 2.24. The number of ether oxygens (including phenoxy) is 2. The summed E-state index contributed by atoms with van der Waals surface area (Å²) in [5.74, 6) is 1.44. The lowest BCUT2D eigenvalue weighted by Gasteiger charge is -2.20. The summed E-state index contributed by atoms with van der Waals surface area (Å²) in [5.41, 5.74) is 1.36.